The molecule has 0 saturated heterocycles. The van der Waals surface area contributed by atoms with Gasteiger partial charge in [0.1, 0.15) is 11.3 Å². The molecule has 2 aliphatic rings. The molecular formula is C24H26BrNO4. The van der Waals surface area contributed by atoms with Crippen LogP contribution in [0.3, 0.4) is 0 Å². The third-order valence-electron chi connectivity index (χ3n) is 6.20. The second kappa shape index (κ2) is 8.42. The number of amides is 1. The topological polar surface area (TPSA) is 64.6 Å². The second-order valence-corrected chi connectivity index (χ2v) is 9.16. The highest BCUT2D eigenvalue weighted by atomic mass is 79.9. The number of hydrogen-bond donors (Lipinski definition) is 1. The van der Waals surface area contributed by atoms with Gasteiger partial charge in [-0.1, -0.05) is 34.1 Å². The molecule has 1 atom stereocenters. The standard InChI is InChI=1S/C24H26BrNO4/c1-15-5-3-8-20(21(15)30-19-6-4-7-19)22(27)26-24(23(28)29-2)12-11-16-13-18(25)10-9-17(16)14-24/h3,5,8-10,13,19H,4,6-7,11-12,14H2,1-2H3,(H,26,27). The Hall–Kier alpha value is -2.34. The first-order chi connectivity index (χ1) is 14.4. The number of rotatable bonds is 5. The Balaban J connectivity index is 1.63. The maximum atomic E-state index is 13.4. The Morgan fingerprint density at radius 1 is 1.17 bits per heavy atom. The SMILES string of the molecule is COC(=O)C1(NC(=O)c2cccc(C)c2OC2CCC2)CCc2cc(Br)ccc2C1. The first-order valence-electron chi connectivity index (χ1n) is 10.4. The van der Waals surface area contributed by atoms with Crippen molar-refractivity contribution in [3.05, 3.63) is 63.1 Å². The van der Waals surface area contributed by atoms with Crippen LogP contribution >= 0.6 is 15.9 Å². The van der Waals surface area contributed by atoms with Gasteiger partial charge in [0.2, 0.25) is 0 Å². The van der Waals surface area contributed by atoms with E-state index >= 15 is 0 Å². The highest BCUT2D eigenvalue weighted by molar-refractivity contribution is 9.10. The largest absolute Gasteiger partial charge is 0.489 e. The van der Waals surface area contributed by atoms with E-state index in [-0.39, 0.29) is 12.0 Å². The molecule has 1 amide bonds. The highest BCUT2D eigenvalue weighted by Gasteiger charge is 2.44. The summed E-state index contributed by atoms with van der Waals surface area (Å²) in [7, 11) is 1.37. The fourth-order valence-corrected chi connectivity index (χ4v) is 4.62. The molecule has 1 saturated carbocycles. The van der Waals surface area contributed by atoms with Gasteiger partial charge in [-0.05, 0) is 73.9 Å². The second-order valence-electron chi connectivity index (χ2n) is 8.24. The van der Waals surface area contributed by atoms with E-state index < -0.39 is 11.5 Å². The predicted octanol–water partition coefficient (Wildman–Crippen LogP) is 4.52. The quantitative estimate of drug-likeness (QED) is 0.651. The molecule has 2 aromatic carbocycles. The summed E-state index contributed by atoms with van der Waals surface area (Å²) in [5, 5.41) is 3.03. The van der Waals surface area contributed by atoms with Crippen LogP contribution in [0.2, 0.25) is 0 Å². The van der Waals surface area contributed by atoms with Crippen molar-refractivity contribution in [3.8, 4) is 5.75 Å². The molecule has 2 aromatic rings. The van der Waals surface area contributed by atoms with E-state index in [2.05, 4.69) is 27.3 Å². The fourth-order valence-electron chi connectivity index (χ4n) is 4.22. The molecular weight excluding hydrogens is 446 g/mol. The average molecular weight is 472 g/mol. The summed E-state index contributed by atoms with van der Waals surface area (Å²) in [6, 6.07) is 11.6. The molecule has 158 valence electrons. The normalized spacial score (nSPS) is 20.6. The Bertz CT molecular complexity index is 985. The number of ether oxygens (including phenoxy) is 2. The molecule has 0 bridgehead atoms. The van der Waals surface area contributed by atoms with Gasteiger partial charge < -0.3 is 14.8 Å². The Labute approximate surface area is 185 Å². The van der Waals surface area contributed by atoms with Crippen molar-refractivity contribution in [2.45, 2.75) is 57.1 Å². The maximum Gasteiger partial charge on any atom is 0.331 e. The van der Waals surface area contributed by atoms with E-state index in [1.807, 2.05) is 31.2 Å². The third kappa shape index (κ3) is 3.97. The number of carbonyl (C=O) groups excluding carboxylic acids is 2. The molecule has 0 spiro atoms. The smallest absolute Gasteiger partial charge is 0.331 e. The first kappa shape index (κ1) is 20.9. The molecule has 0 radical (unpaired) electrons. The summed E-state index contributed by atoms with van der Waals surface area (Å²) in [5.74, 6) is -0.114. The number of hydrogen-bond acceptors (Lipinski definition) is 4. The minimum Gasteiger partial charge on any atom is -0.489 e. The van der Waals surface area contributed by atoms with Gasteiger partial charge in [0, 0.05) is 10.9 Å². The first-order valence-corrected chi connectivity index (χ1v) is 11.2. The van der Waals surface area contributed by atoms with Crippen molar-refractivity contribution in [2.24, 2.45) is 0 Å². The number of benzene rings is 2. The van der Waals surface area contributed by atoms with E-state index in [9.17, 15) is 9.59 Å². The summed E-state index contributed by atoms with van der Waals surface area (Å²) in [6.07, 6.45) is 4.90. The van der Waals surface area contributed by atoms with Crippen LogP contribution in [-0.4, -0.2) is 30.6 Å². The van der Waals surface area contributed by atoms with E-state index in [4.69, 9.17) is 9.47 Å². The number of nitrogens with one attached hydrogen (secondary N) is 1. The number of carbonyl (C=O) groups is 2. The van der Waals surface area contributed by atoms with Crippen LogP contribution < -0.4 is 10.1 Å². The summed E-state index contributed by atoms with van der Waals surface area (Å²) < 4.78 is 12.3. The Morgan fingerprint density at radius 2 is 1.97 bits per heavy atom. The van der Waals surface area contributed by atoms with Gasteiger partial charge in [-0.3, -0.25) is 4.79 Å². The molecule has 1 fully saturated rings. The predicted molar refractivity (Wildman–Crippen MR) is 118 cm³/mol. The summed E-state index contributed by atoms with van der Waals surface area (Å²) in [4.78, 5) is 26.2. The number of halogens is 1. The van der Waals surface area contributed by atoms with Crippen molar-refractivity contribution >= 4 is 27.8 Å². The van der Waals surface area contributed by atoms with Crippen LogP contribution in [0.4, 0.5) is 0 Å². The van der Waals surface area contributed by atoms with E-state index in [1.54, 1.807) is 6.07 Å². The Kier molecular flexibility index (Phi) is 5.87. The lowest BCUT2D eigenvalue weighted by atomic mass is 9.77. The van der Waals surface area contributed by atoms with Crippen LogP contribution in [0.25, 0.3) is 0 Å². The van der Waals surface area contributed by atoms with Crippen molar-refractivity contribution in [2.75, 3.05) is 7.11 Å². The summed E-state index contributed by atoms with van der Waals surface area (Å²) in [5.41, 5.74) is 2.52. The van der Waals surface area contributed by atoms with E-state index in [0.717, 1.165) is 34.9 Å². The molecule has 6 heteroatoms. The molecule has 5 nitrogen and oxygen atoms in total. The van der Waals surface area contributed by atoms with Crippen LogP contribution in [0.1, 0.15) is 52.7 Å². The van der Waals surface area contributed by atoms with Crippen LogP contribution in [0, 0.1) is 6.92 Å². The number of para-hydroxylation sites is 1. The summed E-state index contributed by atoms with van der Waals surface area (Å²) >= 11 is 3.50. The fraction of sp³-hybridized carbons (Fsp3) is 0.417. The summed E-state index contributed by atoms with van der Waals surface area (Å²) in [6.45, 7) is 1.94. The van der Waals surface area contributed by atoms with Gasteiger partial charge in [0.05, 0.1) is 18.8 Å². The molecule has 1 unspecified atom stereocenters. The lowest BCUT2D eigenvalue weighted by Crippen LogP contribution is -2.58. The van der Waals surface area contributed by atoms with Gasteiger partial charge in [0.15, 0.2) is 0 Å². The molecule has 0 aliphatic heterocycles. The van der Waals surface area contributed by atoms with Crippen molar-refractivity contribution in [1.82, 2.24) is 5.32 Å². The minimum absolute atomic E-state index is 0.159. The lowest BCUT2D eigenvalue weighted by molar-refractivity contribution is -0.148. The van der Waals surface area contributed by atoms with E-state index in [0.29, 0.717) is 30.6 Å². The number of esters is 1. The average Bonchev–Trinajstić information content (AvgIpc) is 2.70. The molecule has 0 aromatic heterocycles. The van der Waals surface area contributed by atoms with Gasteiger partial charge in [0.25, 0.3) is 5.91 Å². The van der Waals surface area contributed by atoms with Crippen LogP contribution in [-0.2, 0) is 22.4 Å². The van der Waals surface area contributed by atoms with Crippen LogP contribution in [0.5, 0.6) is 5.75 Å². The number of aryl methyl sites for hydroxylation is 2. The van der Waals surface area contributed by atoms with Gasteiger partial charge in [-0.2, -0.15) is 0 Å². The zero-order valence-corrected chi connectivity index (χ0v) is 18.9. The third-order valence-corrected chi connectivity index (χ3v) is 6.70. The lowest BCUT2D eigenvalue weighted by Gasteiger charge is -2.36. The van der Waals surface area contributed by atoms with Crippen molar-refractivity contribution < 1.29 is 19.1 Å². The molecule has 0 heterocycles. The minimum atomic E-state index is -1.09. The monoisotopic (exact) mass is 471 g/mol. The highest BCUT2D eigenvalue weighted by Crippen LogP contribution is 2.34. The maximum absolute atomic E-state index is 13.4. The van der Waals surface area contributed by atoms with Crippen molar-refractivity contribution in [1.29, 1.82) is 0 Å². The number of methoxy groups -OCH3 is 1. The van der Waals surface area contributed by atoms with Crippen LogP contribution in [0.15, 0.2) is 40.9 Å². The van der Waals surface area contributed by atoms with Gasteiger partial charge in [-0.25, -0.2) is 4.79 Å². The molecule has 30 heavy (non-hydrogen) atoms. The molecule has 1 N–H and O–H groups in total. The van der Waals surface area contributed by atoms with Gasteiger partial charge >= 0.3 is 5.97 Å². The zero-order valence-electron chi connectivity index (χ0n) is 17.3. The van der Waals surface area contributed by atoms with Gasteiger partial charge in [-0.15, -0.1) is 0 Å². The Morgan fingerprint density at radius 3 is 2.67 bits per heavy atom. The van der Waals surface area contributed by atoms with E-state index in [1.165, 1.54) is 12.7 Å². The molecule has 2 aliphatic carbocycles. The molecule has 4 rings (SSSR count). The zero-order chi connectivity index (χ0) is 21.3. The number of fused-ring (bicyclic) bond motifs is 1. The van der Waals surface area contributed by atoms with Crippen molar-refractivity contribution in [3.63, 3.8) is 0 Å².